The van der Waals surface area contributed by atoms with Crippen molar-refractivity contribution in [2.24, 2.45) is 13.0 Å². The topological polar surface area (TPSA) is 116 Å². The number of carbonyl (C=O) groups excluding carboxylic acids is 1. The van der Waals surface area contributed by atoms with Crippen LogP contribution in [0.5, 0.6) is 5.75 Å². The van der Waals surface area contributed by atoms with Gasteiger partial charge in [-0.3, -0.25) is 14.3 Å². The molecule has 3 rings (SSSR count). The number of hydrogen-bond donors (Lipinski definition) is 1. The number of ether oxygens (including phenoxy) is 2. The maximum absolute atomic E-state index is 12.2. The van der Waals surface area contributed by atoms with Crippen LogP contribution in [-0.2, 0) is 27.8 Å². The molecule has 1 saturated carbocycles. The van der Waals surface area contributed by atoms with Gasteiger partial charge in [-0.2, -0.15) is 13.2 Å². The van der Waals surface area contributed by atoms with E-state index in [9.17, 15) is 27.9 Å². The van der Waals surface area contributed by atoms with Crippen molar-refractivity contribution >= 4 is 11.9 Å². The van der Waals surface area contributed by atoms with Crippen molar-refractivity contribution < 1.29 is 37.3 Å². The van der Waals surface area contributed by atoms with Gasteiger partial charge in [-0.25, -0.2) is 4.98 Å². The minimum Gasteiger partial charge on any atom is -0.489 e. The SMILES string of the molecule is Cc1nc(-c2nnn(C)c2CC(=O)OCCC(F)(F)F)ccc1O[C@H]1CCC[C@H](C(=O)O)C1. The molecule has 0 saturated heterocycles. The highest BCUT2D eigenvalue weighted by atomic mass is 19.4. The zero-order chi connectivity index (χ0) is 24.2. The number of nitrogens with zero attached hydrogens (tertiary/aromatic N) is 4. The molecular formula is C21H25F3N4O5. The molecule has 0 amide bonds. The lowest BCUT2D eigenvalue weighted by Gasteiger charge is -2.27. The Balaban J connectivity index is 1.68. The molecule has 0 aromatic carbocycles. The van der Waals surface area contributed by atoms with Gasteiger partial charge in [-0.1, -0.05) is 5.21 Å². The van der Waals surface area contributed by atoms with E-state index < -0.39 is 37.1 Å². The second-order valence-electron chi connectivity index (χ2n) is 7.99. The number of alkyl halides is 3. The molecule has 0 radical (unpaired) electrons. The van der Waals surface area contributed by atoms with Gasteiger partial charge >= 0.3 is 18.1 Å². The Morgan fingerprint density at radius 2 is 2.03 bits per heavy atom. The van der Waals surface area contributed by atoms with Crippen LogP contribution in [0.1, 0.15) is 43.5 Å². The zero-order valence-electron chi connectivity index (χ0n) is 18.3. The number of halogens is 3. The minimum absolute atomic E-state index is 0.218. The van der Waals surface area contributed by atoms with E-state index in [1.165, 1.54) is 4.68 Å². The first-order chi connectivity index (χ1) is 15.5. The first-order valence-electron chi connectivity index (χ1n) is 10.5. The number of hydrogen-bond acceptors (Lipinski definition) is 7. The van der Waals surface area contributed by atoms with Gasteiger partial charge in [-0.15, -0.1) is 5.10 Å². The van der Waals surface area contributed by atoms with Crippen LogP contribution in [0.25, 0.3) is 11.4 Å². The van der Waals surface area contributed by atoms with Gasteiger partial charge in [0.15, 0.2) is 0 Å². The second-order valence-corrected chi connectivity index (χ2v) is 7.99. The van der Waals surface area contributed by atoms with Crippen LogP contribution in [0.4, 0.5) is 13.2 Å². The fourth-order valence-corrected chi connectivity index (χ4v) is 3.70. The molecule has 1 aliphatic carbocycles. The Morgan fingerprint density at radius 3 is 2.70 bits per heavy atom. The number of carbonyl (C=O) groups is 2. The number of rotatable bonds is 8. The van der Waals surface area contributed by atoms with E-state index in [1.807, 2.05) is 0 Å². The van der Waals surface area contributed by atoms with Crippen molar-refractivity contribution in [3.05, 3.63) is 23.5 Å². The minimum atomic E-state index is -4.41. The van der Waals surface area contributed by atoms with Crippen LogP contribution in [0.2, 0.25) is 0 Å². The molecule has 180 valence electrons. The van der Waals surface area contributed by atoms with Crippen LogP contribution in [0, 0.1) is 12.8 Å². The number of esters is 1. The van der Waals surface area contributed by atoms with Gasteiger partial charge in [0.1, 0.15) is 11.4 Å². The summed E-state index contributed by atoms with van der Waals surface area (Å²) in [6.45, 7) is 0.980. The zero-order valence-corrected chi connectivity index (χ0v) is 18.3. The predicted octanol–water partition coefficient (Wildman–Crippen LogP) is 3.25. The van der Waals surface area contributed by atoms with Crippen molar-refractivity contribution in [2.45, 2.75) is 57.7 Å². The van der Waals surface area contributed by atoms with Crippen molar-refractivity contribution in [1.29, 1.82) is 0 Å². The Hall–Kier alpha value is -3.18. The fourth-order valence-electron chi connectivity index (χ4n) is 3.70. The number of aliphatic carboxylic acids is 1. The predicted molar refractivity (Wildman–Crippen MR) is 108 cm³/mol. The van der Waals surface area contributed by atoms with Crippen LogP contribution < -0.4 is 4.74 Å². The number of carboxylic acids is 1. The molecule has 1 N–H and O–H groups in total. The standard InChI is InChI=1S/C21H25F3N4O5/c1-12-17(33-14-5-3-4-13(10-14)20(30)31)7-6-15(25-12)19-16(28(2)27-26-19)11-18(29)32-9-8-21(22,23)24/h6-7,13-14H,3-5,8-11H2,1-2H3,(H,30,31)/t13-,14-/m0/s1. The van der Waals surface area contributed by atoms with Crippen LogP contribution in [0.15, 0.2) is 12.1 Å². The highest BCUT2D eigenvalue weighted by Crippen LogP contribution is 2.30. The molecule has 0 spiro atoms. The summed E-state index contributed by atoms with van der Waals surface area (Å²) in [5.41, 5.74) is 1.63. The molecule has 0 unspecified atom stereocenters. The summed E-state index contributed by atoms with van der Waals surface area (Å²) in [5, 5.41) is 17.2. The Labute approximate surface area is 187 Å². The Kier molecular flexibility index (Phi) is 7.54. The lowest BCUT2D eigenvalue weighted by atomic mass is 9.87. The van der Waals surface area contributed by atoms with E-state index in [0.29, 0.717) is 41.4 Å². The van der Waals surface area contributed by atoms with Crippen LogP contribution in [-0.4, -0.2) is 55.9 Å². The highest BCUT2D eigenvalue weighted by Gasteiger charge is 2.29. The molecule has 12 heteroatoms. The van der Waals surface area contributed by atoms with Crippen molar-refractivity contribution in [1.82, 2.24) is 20.0 Å². The third-order valence-corrected chi connectivity index (χ3v) is 5.45. The smallest absolute Gasteiger partial charge is 0.392 e. The molecule has 33 heavy (non-hydrogen) atoms. The molecule has 1 aliphatic rings. The van der Waals surface area contributed by atoms with Gasteiger partial charge in [0.25, 0.3) is 0 Å². The normalized spacial score (nSPS) is 18.7. The van der Waals surface area contributed by atoms with Gasteiger partial charge in [0, 0.05) is 7.05 Å². The van der Waals surface area contributed by atoms with Crippen molar-refractivity contribution in [3.8, 4) is 17.1 Å². The number of aromatic nitrogens is 4. The van der Waals surface area contributed by atoms with Crippen molar-refractivity contribution in [2.75, 3.05) is 6.61 Å². The lowest BCUT2D eigenvalue weighted by molar-refractivity contribution is -0.158. The van der Waals surface area contributed by atoms with E-state index in [-0.39, 0.29) is 12.5 Å². The first-order valence-corrected chi connectivity index (χ1v) is 10.5. The summed E-state index contributed by atoms with van der Waals surface area (Å²) in [6, 6.07) is 3.34. The summed E-state index contributed by atoms with van der Waals surface area (Å²) in [7, 11) is 1.56. The van der Waals surface area contributed by atoms with Crippen LogP contribution >= 0.6 is 0 Å². The Bertz CT molecular complexity index is 1010. The number of carboxylic acid groups (broad SMARTS) is 1. The molecule has 1 fully saturated rings. The lowest BCUT2D eigenvalue weighted by Crippen LogP contribution is -2.29. The van der Waals surface area contributed by atoms with Gasteiger partial charge < -0.3 is 14.6 Å². The summed E-state index contributed by atoms with van der Waals surface area (Å²) in [4.78, 5) is 27.8. The largest absolute Gasteiger partial charge is 0.489 e. The molecule has 9 nitrogen and oxygen atoms in total. The number of aryl methyl sites for hydroxylation is 2. The van der Waals surface area contributed by atoms with E-state index in [4.69, 9.17) is 4.74 Å². The maximum atomic E-state index is 12.2. The first kappa shape index (κ1) is 24.5. The fraction of sp³-hybridized carbons (Fsp3) is 0.571. The molecule has 2 heterocycles. The Morgan fingerprint density at radius 1 is 1.27 bits per heavy atom. The third kappa shape index (κ3) is 6.65. The summed E-state index contributed by atoms with van der Waals surface area (Å²) >= 11 is 0. The van der Waals surface area contributed by atoms with Crippen LogP contribution in [0.3, 0.4) is 0 Å². The van der Waals surface area contributed by atoms with E-state index in [0.717, 1.165) is 12.8 Å². The van der Waals surface area contributed by atoms with E-state index in [1.54, 1.807) is 26.1 Å². The van der Waals surface area contributed by atoms with Gasteiger partial charge in [-0.05, 0) is 44.7 Å². The third-order valence-electron chi connectivity index (χ3n) is 5.45. The quantitative estimate of drug-likeness (QED) is 0.585. The molecular weight excluding hydrogens is 445 g/mol. The average molecular weight is 470 g/mol. The molecule has 2 atom stereocenters. The summed E-state index contributed by atoms with van der Waals surface area (Å²) in [6.07, 6.45) is -3.55. The molecule has 0 aliphatic heterocycles. The van der Waals surface area contributed by atoms with E-state index >= 15 is 0 Å². The summed E-state index contributed by atoms with van der Waals surface area (Å²) < 4.78 is 48.8. The average Bonchev–Trinajstić information content (AvgIpc) is 3.09. The molecule has 2 aromatic rings. The highest BCUT2D eigenvalue weighted by molar-refractivity contribution is 5.75. The van der Waals surface area contributed by atoms with Gasteiger partial charge in [0.05, 0.1) is 48.6 Å². The van der Waals surface area contributed by atoms with E-state index in [2.05, 4.69) is 20.0 Å². The monoisotopic (exact) mass is 470 g/mol. The van der Waals surface area contributed by atoms with Gasteiger partial charge in [0.2, 0.25) is 0 Å². The second kappa shape index (κ2) is 10.2. The summed E-state index contributed by atoms with van der Waals surface area (Å²) in [5.74, 6) is -1.55. The number of pyridine rings is 1. The molecule has 2 aromatic heterocycles. The maximum Gasteiger partial charge on any atom is 0.392 e. The molecule has 0 bridgehead atoms. The van der Waals surface area contributed by atoms with Crippen molar-refractivity contribution in [3.63, 3.8) is 0 Å².